The monoisotopic (exact) mass is 382 g/mol. The molecule has 0 unspecified atom stereocenters. The van der Waals surface area contributed by atoms with Gasteiger partial charge in [0.2, 0.25) is 0 Å². The van der Waals surface area contributed by atoms with Crippen molar-refractivity contribution in [1.29, 1.82) is 0 Å². The van der Waals surface area contributed by atoms with Gasteiger partial charge in [-0.1, -0.05) is 12.1 Å². The van der Waals surface area contributed by atoms with Crippen molar-refractivity contribution >= 4 is 22.7 Å². The van der Waals surface area contributed by atoms with Crippen LogP contribution in [0, 0.1) is 10.1 Å². The minimum atomic E-state index is -0.343. The lowest BCUT2D eigenvalue weighted by Gasteiger charge is -2.23. The molecule has 6 heteroatoms. The van der Waals surface area contributed by atoms with E-state index in [9.17, 15) is 10.1 Å². The predicted molar refractivity (Wildman–Crippen MR) is 116 cm³/mol. The molecular weight excluding hydrogens is 352 g/mol. The number of nitro groups is 1. The lowest BCUT2D eigenvalue weighted by Crippen LogP contribution is -2.26. The molecule has 2 saturated heterocycles. The van der Waals surface area contributed by atoms with Gasteiger partial charge >= 0.3 is 0 Å². The van der Waals surface area contributed by atoms with Crippen LogP contribution < -0.4 is 15.5 Å². The van der Waals surface area contributed by atoms with Crippen LogP contribution in [-0.4, -0.2) is 30.1 Å². The van der Waals surface area contributed by atoms with Gasteiger partial charge < -0.3 is 15.5 Å². The van der Waals surface area contributed by atoms with Crippen molar-refractivity contribution in [2.45, 2.75) is 51.6 Å². The third-order valence-electron chi connectivity index (χ3n) is 5.68. The number of rotatable bonds is 3. The average Bonchev–Trinajstić information content (AvgIpc) is 3.30. The van der Waals surface area contributed by atoms with Gasteiger partial charge in [0.15, 0.2) is 0 Å². The van der Waals surface area contributed by atoms with Gasteiger partial charge in [0.05, 0.1) is 4.92 Å². The van der Waals surface area contributed by atoms with Crippen molar-refractivity contribution in [3.8, 4) is 0 Å². The second-order valence-electron chi connectivity index (χ2n) is 7.74. The molecule has 150 valence electrons. The fraction of sp³-hybridized carbons (Fsp3) is 0.455. The molecule has 2 N–H and O–H groups in total. The Morgan fingerprint density at radius 1 is 0.929 bits per heavy atom. The summed E-state index contributed by atoms with van der Waals surface area (Å²) in [6.07, 6.45) is 4.94. The maximum atomic E-state index is 10.6. The zero-order valence-electron chi connectivity index (χ0n) is 16.8. The van der Waals surface area contributed by atoms with Crippen molar-refractivity contribution in [3.63, 3.8) is 0 Å². The number of benzene rings is 2. The standard InChI is InChI=1S/C11H14N2O2.C11H16N2/c1-9-4-3-7-12(9)10-5-2-6-11(8-10)13(14)15;1-9-4-3-7-13(9)11-6-2-5-10(12)8-11/h2,5-6,8-9H,3-4,7H2,1H3;2,5-6,8-9H,3-4,7,12H2,1H3/t2*9-/m00/s1. The van der Waals surface area contributed by atoms with E-state index in [0.717, 1.165) is 17.9 Å². The van der Waals surface area contributed by atoms with E-state index in [1.807, 2.05) is 18.2 Å². The van der Waals surface area contributed by atoms with Crippen molar-refractivity contribution in [3.05, 3.63) is 58.6 Å². The number of nitro benzene ring substituents is 1. The Labute approximate surface area is 167 Å². The summed E-state index contributed by atoms with van der Waals surface area (Å²) < 4.78 is 0. The smallest absolute Gasteiger partial charge is 0.271 e. The van der Waals surface area contributed by atoms with E-state index in [1.54, 1.807) is 12.1 Å². The van der Waals surface area contributed by atoms with Gasteiger partial charge in [-0.05, 0) is 63.8 Å². The quantitative estimate of drug-likeness (QED) is 0.467. The van der Waals surface area contributed by atoms with E-state index < -0.39 is 0 Å². The molecule has 2 aromatic rings. The molecule has 28 heavy (non-hydrogen) atoms. The number of anilines is 3. The highest BCUT2D eigenvalue weighted by molar-refractivity contribution is 5.57. The third-order valence-corrected chi connectivity index (χ3v) is 5.68. The highest BCUT2D eigenvalue weighted by Crippen LogP contribution is 2.28. The summed E-state index contributed by atoms with van der Waals surface area (Å²) in [5.74, 6) is 0. The van der Waals surface area contributed by atoms with Crippen LogP contribution in [0.5, 0.6) is 0 Å². The average molecular weight is 383 g/mol. The molecule has 0 amide bonds. The normalized spacial score (nSPS) is 21.4. The first-order chi connectivity index (χ1) is 13.5. The predicted octanol–water partition coefficient (Wildman–Crippen LogP) is 4.84. The first-order valence-electron chi connectivity index (χ1n) is 10.1. The summed E-state index contributed by atoms with van der Waals surface area (Å²) in [5.41, 5.74) is 9.01. The van der Waals surface area contributed by atoms with Crippen LogP contribution in [0.4, 0.5) is 22.7 Å². The van der Waals surface area contributed by atoms with E-state index in [2.05, 4.69) is 35.8 Å². The van der Waals surface area contributed by atoms with Gasteiger partial charge in [0.25, 0.3) is 5.69 Å². The Morgan fingerprint density at radius 2 is 1.46 bits per heavy atom. The molecule has 0 saturated carbocycles. The lowest BCUT2D eigenvalue weighted by atomic mass is 10.2. The van der Waals surface area contributed by atoms with Gasteiger partial charge in [-0.3, -0.25) is 10.1 Å². The molecule has 2 fully saturated rings. The molecule has 4 rings (SSSR count). The van der Waals surface area contributed by atoms with Gasteiger partial charge in [0, 0.05) is 54.4 Å². The molecule has 0 aliphatic carbocycles. The topological polar surface area (TPSA) is 75.6 Å². The Balaban J connectivity index is 0.000000162. The molecule has 0 radical (unpaired) electrons. The zero-order valence-corrected chi connectivity index (χ0v) is 16.8. The molecule has 0 bridgehead atoms. The number of nitrogens with two attached hydrogens (primary N) is 1. The summed E-state index contributed by atoms with van der Waals surface area (Å²) in [7, 11) is 0. The van der Waals surface area contributed by atoms with Crippen LogP contribution in [0.1, 0.15) is 39.5 Å². The molecule has 2 aromatic carbocycles. The number of hydrogen-bond acceptors (Lipinski definition) is 5. The first-order valence-corrected chi connectivity index (χ1v) is 10.1. The second kappa shape index (κ2) is 8.95. The molecule has 2 aliphatic heterocycles. The van der Waals surface area contributed by atoms with E-state index in [-0.39, 0.29) is 10.6 Å². The fourth-order valence-electron chi connectivity index (χ4n) is 4.12. The largest absolute Gasteiger partial charge is 0.399 e. The van der Waals surface area contributed by atoms with Crippen LogP contribution in [0.15, 0.2) is 48.5 Å². The molecule has 2 aliphatic rings. The summed E-state index contributed by atoms with van der Waals surface area (Å²) in [6.45, 7) is 6.61. The van der Waals surface area contributed by atoms with Crippen LogP contribution in [0.3, 0.4) is 0 Å². The summed E-state index contributed by atoms with van der Waals surface area (Å²) >= 11 is 0. The van der Waals surface area contributed by atoms with Gasteiger partial charge in [0.1, 0.15) is 0 Å². The molecule has 2 heterocycles. The van der Waals surface area contributed by atoms with E-state index in [4.69, 9.17) is 5.73 Å². The van der Waals surface area contributed by atoms with Crippen molar-refractivity contribution in [2.24, 2.45) is 0 Å². The van der Waals surface area contributed by atoms with Crippen LogP contribution >= 0.6 is 0 Å². The molecule has 0 spiro atoms. The van der Waals surface area contributed by atoms with Crippen LogP contribution in [0.2, 0.25) is 0 Å². The van der Waals surface area contributed by atoms with Crippen LogP contribution in [0.25, 0.3) is 0 Å². The van der Waals surface area contributed by atoms with Crippen LogP contribution in [-0.2, 0) is 0 Å². The Hall–Kier alpha value is -2.76. The molecule has 0 aromatic heterocycles. The van der Waals surface area contributed by atoms with E-state index in [0.29, 0.717) is 12.1 Å². The number of non-ortho nitro benzene ring substituents is 1. The highest BCUT2D eigenvalue weighted by Gasteiger charge is 2.22. The van der Waals surface area contributed by atoms with Gasteiger partial charge in [-0.15, -0.1) is 0 Å². The summed E-state index contributed by atoms with van der Waals surface area (Å²) in [6, 6.07) is 16.2. The maximum absolute atomic E-state index is 10.6. The van der Waals surface area contributed by atoms with Crippen molar-refractivity contribution < 1.29 is 4.92 Å². The SMILES string of the molecule is C[C@H]1CCCN1c1cccc(N)c1.C[C@H]1CCCN1c1cccc([N+](=O)[O-])c1. The maximum Gasteiger partial charge on any atom is 0.271 e. The second-order valence-corrected chi connectivity index (χ2v) is 7.74. The Morgan fingerprint density at radius 3 is 1.93 bits per heavy atom. The van der Waals surface area contributed by atoms with E-state index in [1.165, 1.54) is 44.0 Å². The van der Waals surface area contributed by atoms with E-state index >= 15 is 0 Å². The van der Waals surface area contributed by atoms with Crippen molar-refractivity contribution in [1.82, 2.24) is 0 Å². The number of nitrogens with zero attached hydrogens (tertiary/aromatic N) is 3. The minimum Gasteiger partial charge on any atom is -0.399 e. The third kappa shape index (κ3) is 4.74. The molecule has 2 atom stereocenters. The Bertz CT molecular complexity index is 811. The minimum absolute atomic E-state index is 0.173. The number of hydrogen-bond donors (Lipinski definition) is 1. The highest BCUT2D eigenvalue weighted by atomic mass is 16.6. The molecule has 6 nitrogen and oxygen atoms in total. The van der Waals surface area contributed by atoms with Crippen molar-refractivity contribution in [2.75, 3.05) is 28.6 Å². The summed E-state index contributed by atoms with van der Waals surface area (Å²) in [5, 5.41) is 10.6. The number of nitrogen functional groups attached to an aromatic ring is 1. The first kappa shape index (κ1) is 20.0. The van der Waals surface area contributed by atoms with Gasteiger partial charge in [-0.25, -0.2) is 0 Å². The van der Waals surface area contributed by atoms with Gasteiger partial charge in [-0.2, -0.15) is 0 Å². The zero-order chi connectivity index (χ0) is 20.1. The summed E-state index contributed by atoms with van der Waals surface area (Å²) in [4.78, 5) is 14.9. The fourth-order valence-corrected chi connectivity index (χ4v) is 4.12. The Kier molecular flexibility index (Phi) is 6.39. The lowest BCUT2D eigenvalue weighted by molar-refractivity contribution is -0.384. The molecular formula is C22H30N4O2.